The lowest BCUT2D eigenvalue weighted by Gasteiger charge is -2.28. The smallest absolute Gasteiger partial charge is 0.0645 e. The molecular formula is C102H80N6. The SMILES string of the molecule is [2H]c1c([2H])c([2H])c(Nc2cccc(N(c3ccccc3)c3ccc(-c4ccccc4)cc3)c2)c([2H])c1[2H].c1ccc(-c2ccc(Nc3ccc(N(c4ccccc4)c4ccccc4-c4ccccc4)cc3)cc2)cc1.c1ccc(Nc2ccc(-c3ccc(-c4ccccc4)cc3N(c3ccccc3)c3ccccc3)cc2)cc1. The Labute approximate surface area is 641 Å². The van der Waals surface area contributed by atoms with Crippen LogP contribution in [-0.4, -0.2) is 0 Å². The van der Waals surface area contributed by atoms with Crippen LogP contribution in [0.15, 0.2) is 467 Å². The topological polar surface area (TPSA) is 45.8 Å². The van der Waals surface area contributed by atoms with Crippen LogP contribution in [0.25, 0.3) is 55.6 Å². The van der Waals surface area contributed by atoms with Gasteiger partial charge in [-0.15, -0.1) is 0 Å². The van der Waals surface area contributed by atoms with Crippen molar-refractivity contribution < 1.29 is 6.85 Å². The van der Waals surface area contributed by atoms with Gasteiger partial charge >= 0.3 is 0 Å². The first-order valence-corrected chi connectivity index (χ1v) is 36.1. The molecule has 0 aliphatic carbocycles. The minimum Gasteiger partial charge on any atom is -0.356 e. The highest BCUT2D eigenvalue weighted by Gasteiger charge is 2.21. The van der Waals surface area contributed by atoms with Gasteiger partial charge < -0.3 is 30.7 Å². The van der Waals surface area contributed by atoms with Gasteiger partial charge in [-0.2, -0.15) is 0 Å². The number of rotatable bonds is 20. The molecule has 0 amide bonds. The second-order valence-electron chi connectivity index (χ2n) is 25.6. The first-order chi connectivity index (χ1) is 55.6. The molecule has 0 aromatic heterocycles. The van der Waals surface area contributed by atoms with Crippen molar-refractivity contribution in [3.05, 3.63) is 467 Å². The van der Waals surface area contributed by atoms with Gasteiger partial charge in [-0.05, 0) is 208 Å². The van der Waals surface area contributed by atoms with E-state index in [4.69, 9.17) is 6.85 Å². The van der Waals surface area contributed by atoms with Crippen molar-refractivity contribution in [1.82, 2.24) is 0 Å². The quantitative estimate of drug-likeness (QED) is 0.0707. The van der Waals surface area contributed by atoms with Crippen molar-refractivity contribution >= 4 is 85.3 Å². The maximum atomic E-state index is 8.24. The zero-order valence-corrected chi connectivity index (χ0v) is 59.4. The lowest BCUT2D eigenvalue weighted by molar-refractivity contribution is 1.28. The molecule has 0 heterocycles. The van der Waals surface area contributed by atoms with Crippen molar-refractivity contribution in [3.8, 4) is 55.6 Å². The highest BCUT2D eigenvalue weighted by atomic mass is 15.2. The monoisotopic (exact) mass is 1390 g/mol. The summed E-state index contributed by atoms with van der Waals surface area (Å²) in [5, 5.41) is 10.1. The molecule has 518 valence electrons. The van der Waals surface area contributed by atoms with E-state index in [2.05, 4.69) is 370 Å². The standard InChI is InChI=1S/2C36H28N2.C30H24N2/c1-5-13-28(14-6-1)30-23-26-35(29-21-24-32(25-22-29)37-31-15-7-2-8-16-31)36(27-30)38(33-17-9-3-10-18-33)34-19-11-4-12-20-34;1-4-12-28(13-5-1)29-20-22-31(23-21-29)37-32-24-26-34(27-25-32)38(33-16-8-3-9-17-33)36-19-11-10-18-35(36)30-14-6-2-7-15-30;1-4-11-24(12-5-1)25-19-21-29(22-20-25)32(28-16-8-3-9-17-28)30-18-10-15-27(23-30)31-26-13-6-2-7-14-26/h2*1-27,37H;1-23,31H/i;;2D,6D,7D,13D,14D. The van der Waals surface area contributed by atoms with Crippen LogP contribution in [0.5, 0.6) is 0 Å². The van der Waals surface area contributed by atoms with Crippen LogP contribution in [0.2, 0.25) is 0 Å². The zero-order valence-electron chi connectivity index (χ0n) is 64.4. The normalized spacial score (nSPS) is 11.2. The minimum absolute atomic E-state index is 0.0432. The summed E-state index contributed by atoms with van der Waals surface area (Å²) < 4.78 is 40.2. The summed E-state index contributed by atoms with van der Waals surface area (Å²) in [7, 11) is 0. The Hall–Kier alpha value is -14.5. The van der Waals surface area contributed by atoms with Gasteiger partial charge in [0.05, 0.1) is 18.2 Å². The van der Waals surface area contributed by atoms with E-state index >= 15 is 0 Å². The summed E-state index contributed by atoms with van der Waals surface area (Å²) in [6.45, 7) is 0. The first-order valence-electron chi connectivity index (χ1n) is 38.6. The zero-order chi connectivity index (χ0) is 77.1. The van der Waals surface area contributed by atoms with Gasteiger partial charge in [0.1, 0.15) is 0 Å². The third kappa shape index (κ3) is 17.4. The second-order valence-corrected chi connectivity index (χ2v) is 25.6. The molecule has 17 aromatic carbocycles. The maximum Gasteiger partial charge on any atom is 0.0645 e. The van der Waals surface area contributed by atoms with Crippen LogP contribution < -0.4 is 30.7 Å². The Bertz CT molecular complexity index is 5840. The van der Waals surface area contributed by atoms with Crippen LogP contribution in [-0.2, 0) is 0 Å². The molecule has 6 heteroatoms. The number of nitrogens with zero attached hydrogens (tertiary/aromatic N) is 3. The van der Waals surface area contributed by atoms with Crippen LogP contribution >= 0.6 is 0 Å². The van der Waals surface area contributed by atoms with Gasteiger partial charge in [-0.3, -0.25) is 0 Å². The summed E-state index contributed by atoms with van der Waals surface area (Å²) in [5.74, 6) is 0. The molecule has 0 bridgehead atoms. The van der Waals surface area contributed by atoms with Crippen molar-refractivity contribution in [2.45, 2.75) is 0 Å². The molecule has 0 fully saturated rings. The van der Waals surface area contributed by atoms with Crippen molar-refractivity contribution in [3.63, 3.8) is 0 Å². The highest BCUT2D eigenvalue weighted by Crippen LogP contribution is 2.45. The minimum atomic E-state index is -0.413. The predicted octanol–water partition coefficient (Wildman–Crippen LogP) is 29.0. The molecular weight excluding hydrogens is 1310 g/mol. The number of anilines is 15. The number of benzene rings is 17. The average molecular weight is 1390 g/mol. The van der Waals surface area contributed by atoms with Crippen LogP contribution in [0.3, 0.4) is 0 Å². The van der Waals surface area contributed by atoms with E-state index in [0.29, 0.717) is 5.69 Å². The molecule has 0 spiro atoms. The molecule has 0 aliphatic heterocycles. The Balaban J connectivity index is 0.000000134. The molecule has 0 saturated heterocycles. The number of hydrogen-bond donors (Lipinski definition) is 3. The molecule has 0 aliphatic rings. The molecule has 0 saturated carbocycles. The van der Waals surface area contributed by atoms with E-state index in [1.165, 1.54) is 38.9 Å². The van der Waals surface area contributed by atoms with Crippen LogP contribution in [0.4, 0.5) is 85.3 Å². The fourth-order valence-corrected chi connectivity index (χ4v) is 13.2. The van der Waals surface area contributed by atoms with Crippen molar-refractivity contribution in [2.24, 2.45) is 0 Å². The largest absolute Gasteiger partial charge is 0.356 e. The van der Waals surface area contributed by atoms with Gasteiger partial charge in [-0.1, -0.05) is 303 Å². The predicted molar refractivity (Wildman–Crippen MR) is 460 cm³/mol. The molecule has 17 rings (SSSR count). The van der Waals surface area contributed by atoms with E-state index in [-0.39, 0.29) is 29.9 Å². The Morgan fingerprint density at radius 1 is 0.167 bits per heavy atom. The van der Waals surface area contributed by atoms with Gasteiger partial charge in [0.15, 0.2) is 0 Å². The summed E-state index contributed by atoms with van der Waals surface area (Å²) in [6.07, 6.45) is 0. The Morgan fingerprint density at radius 3 is 0.944 bits per heavy atom. The number of hydrogen-bond acceptors (Lipinski definition) is 6. The van der Waals surface area contributed by atoms with Crippen molar-refractivity contribution in [1.29, 1.82) is 0 Å². The molecule has 3 N–H and O–H groups in total. The number of para-hydroxylation sites is 7. The van der Waals surface area contributed by atoms with Crippen molar-refractivity contribution in [2.75, 3.05) is 30.7 Å². The molecule has 108 heavy (non-hydrogen) atoms. The van der Waals surface area contributed by atoms with E-state index < -0.39 is 6.04 Å². The van der Waals surface area contributed by atoms with Crippen LogP contribution in [0, 0.1) is 0 Å². The fourth-order valence-electron chi connectivity index (χ4n) is 13.2. The van der Waals surface area contributed by atoms with Crippen LogP contribution in [0.1, 0.15) is 6.85 Å². The van der Waals surface area contributed by atoms with E-state index in [0.717, 1.165) is 90.6 Å². The maximum absolute atomic E-state index is 8.24. The third-order valence-corrected chi connectivity index (χ3v) is 18.4. The average Bonchev–Trinajstić information content (AvgIpc) is 0.776. The first kappa shape index (κ1) is 63.2. The fraction of sp³-hybridized carbons (Fsp3) is 0. The van der Waals surface area contributed by atoms with Gasteiger partial charge in [0.2, 0.25) is 0 Å². The molecule has 0 radical (unpaired) electrons. The Morgan fingerprint density at radius 2 is 0.454 bits per heavy atom. The molecule has 6 nitrogen and oxygen atoms in total. The van der Waals surface area contributed by atoms with E-state index in [1.54, 1.807) is 0 Å². The van der Waals surface area contributed by atoms with Gasteiger partial charge in [0, 0.05) is 85.1 Å². The summed E-state index contributed by atoms with van der Waals surface area (Å²) in [5.41, 5.74) is 26.2. The Kier molecular flexibility index (Phi) is 20.3. The summed E-state index contributed by atoms with van der Waals surface area (Å²) >= 11 is 0. The summed E-state index contributed by atoms with van der Waals surface area (Å²) in [6, 6.07) is 149. The molecule has 0 unspecified atom stereocenters. The summed E-state index contributed by atoms with van der Waals surface area (Å²) in [4.78, 5) is 6.78. The second kappa shape index (κ2) is 34.7. The highest BCUT2D eigenvalue weighted by molar-refractivity contribution is 5.92. The van der Waals surface area contributed by atoms with E-state index in [9.17, 15) is 0 Å². The molecule has 0 atom stereocenters. The lowest BCUT2D eigenvalue weighted by atomic mass is 9.96. The molecule has 17 aromatic rings. The van der Waals surface area contributed by atoms with Gasteiger partial charge in [-0.25, -0.2) is 0 Å². The third-order valence-electron chi connectivity index (χ3n) is 18.4. The lowest BCUT2D eigenvalue weighted by Crippen LogP contribution is -2.11. The van der Waals surface area contributed by atoms with E-state index in [1.807, 2.05) is 97.1 Å². The van der Waals surface area contributed by atoms with Gasteiger partial charge in [0.25, 0.3) is 0 Å². The number of nitrogens with one attached hydrogen (secondary N) is 3.